The van der Waals surface area contributed by atoms with Gasteiger partial charge in [0, 0.05) is 10.0 Å². The number of carbonyl (C=O) groups is 2. The van der Waals surface area contributed by atoms with Gasteiger partial charge in [0.1, 0.15) is 0 Å². The minimum absolute atomic E-state index is 0.0236. The number of amides is 2. The zero-order valence-corrected chi connectivity index (χ0v) is 18.5. The first kappa shape index (κ1) is 21.0. The van der Waals surface area contributed by atoms with E-state index in [0.29, 0.717) is 32.3 Å². The van der Waals surface area contributed by atoms with Gasteiger partial charge < -0.3 is 9.84 Å². The lowest BCUT2D eigenvalue weighted by molar-refractivity contribution is -0.123. The fraction of sp³-hybridized carbons (Fsp3) is 0.158. The Morgan fingerprint density at radius 1 is 1.25 bits per heavy atom. The van der Waals surface area contributed by atoms with Crippen LogP contribution < -0.4 is 4.74 Å². The molecule has 0 bridgehead atoms. The fourth-order valence-electron chi connectivity index (χ4n) is 2.55. The van der Waals surface area contributed by atoms with Crippen molar-refractivity contribution in [3.05, 3.63) is 60.9 Å². The topological polar surface area (TPSA) is 66.8 Å². The maximum Gasteiger partial charge on any atom is 0.293 e. The van der Waals surface area contributed by atoms with Crippen molar-refractivity contribution in [1.82, 2.24) is 4.90 Å². The van der Waals surface area contributed by atoms with Crippen molar-refractivity contribution in [1.29, 1.82) is 0 Å². The van der Waals surface area contributed by atoms with Crippen LogP contribution in [0.1, 0.15) is 18.1 Å². The van der Waals surface area contributed by atoms with Gasteiger partial charge in [0.05, 0.1) is 22.5 Å². The second kappa shape index (κ2) is 8.78. The zero-order chi connectivity index (χ0) is 20.4. The van der Waals surface area contributed by atoms with E-state index in [0.717, 1.165) is 16.7 Å². The van der Waals surface area contributed by atoms with Gasteiger partial charge >= 0.3 is 0 Å². The lowest BCUT2D eigenvalue weighted by Gasteiger charge is -2.13. The summed E-state index contributed by atoms with van der Waals surface area (Å²) < 4.78 is 5.82. The smallest absolute Gasteiger partial charge is 0.293 e. The molecule has 2 amide bonds. The summed E-state index contributed by atoms with van der Waals surface area (Å²) in [6.07, 6.45) is 1.58. The number of hydrogen-bond donors (Lipinski definition) is 1. The molecule has 3 rings (SSSR count). The molecule has 0 radical (unpaired) electrons. The third-order valence-electron chi connectivity index (χ3n) is 3.87. The van der Waals surface area contributed by atoms with Gasteiger partial charge in [0.2, 0.25) is 0 Å². The molecular formula is C19H14BrCl2NO4S. The van der Waals surface area contributed by atoms with Gasteiger partial charge in [-0.2, -0.15) is 0 Å². The average molecular weight is 503 g/mol. The number of ether oxygens (including phenoxy) is 1. The van der Waals surface area contributed by atoms with E-state index >= 15 is 0 Å². The molecule has 0 aliphatic carbocycles. The second-order valence-corrected chi connectivity index (χ2v) is 8.48. The molecule has 0 spiro atoms. The highest BCUT2D eigenvalue weighted by molar-refractivity contribution is 9.10. The van der Waals surface area contributed by atoms with Crippen molar-refractivity contribution in [2.24, 2.45) is 0 Å². The van der Waals surface area contributed by atoms with Gasteiger partial charge in [0.15, 0.2) is 11.5 Å². The number of hydrogen-bond acceptors (Lipinski definition) is 5. The molecule has 1 saturated heterocycles. The Morgan fingerprint density at radius 3 is 2.68 bits per heavy atom. The number of phenols is 1. The first-order valence-corrected chi connectivity index (χ1v) is 10.5. The van der Waals surface area contributed by atoms with Crippen molar-refractivity contribution < 1.29 is 19.4 Å². The lowest BCUT2D eigenvalue weighted by atomic mass is 10.1. The minimum Gasteiger partial charge on any atom is -0.503 e. The number of aromatic hydroxyl groups is 1. The Kier molecular flexibility index (Phi) is 6.60. The molecule has 1 aliphatic heterocycles. The normalized spacial score (nSPS) is 15.6. The van der Waals surface area contributed by atoms with Crippen LogP contribution in [0.15, 0.2) is 39.7 Å². The Bertz CT molecular complexity index is 996. The van der Waals surface area contributed by atoms with E-state index in [4.69, 9.17) is 27.9 Å². The number of halogens is 3. The van der Waals surface area contributed by atoms with Crippen LogP contribution >= 0.6 is 50.9 Å². The number of benzene rings is 2. The van der Waals surface area contributed by atoms with Crippen molar-refractivity contribution in [2.45, 2.75) is 13.5 Å². The summed E-state index contributed by atoms with van der Waals surface area (Å²) in [7, 11) is 0. The monoisotopic (exact) mass is 501 g/mol. The highest BCUT2D eigenvalue weighted by Gasteiger charge is 2.35. The Labute approximate surface area is 184 Å². The van der Waals surface area contributed by atoms with Crippen molar-refractivity contribution in [2.75, 3.05) is 6.61 Å². The Balaban J connectivity index is 1.87. The summed E-state index contributed by atoms with van der Waals surface area (Å²) in [6, 6.07) is 8.15. The van der Waals surface area contributed by atoms with E-state index in [9.17, 15) is 14.7 Å². The van der Waals surface area contributed by atoms with E-state index in [2.05, 4.69) is 15.9 Å². The summed E-state index contributed by atoms with van der Waals surface area (Å²) in [4.78, 5) is 26.5. The summed E-state index contributed by atoms with van der Waals surface area (Å²) in [5.41, 5.74) is 1.24. The molecular weight excluding hydrogens is 489 g/mol. The first-order chi connectivity index (χ1) is 13.3. The molecule has 1 N–H and O–H groups in total. The van der Waals surface area contributed by atoms with E-state index in [-0.39, 0.29) is 28.2 Å². The summed E-state index contributed by atoms with van der Waals surface area (Å²) in [5, 5.41) is 10.5. The van der Waals surface area contributed by atoms with Gasteiger partial charge in [-0.15, -0.1) is 0 Å². The molecule has 5 nitrogen and oxygen atoms in total. The minimum atomic E-state index is -0.414. The van der Waals surface area contributed by atoms with Crippen molar-refractivity contribution in [3.8, 4) is 11.5 Å². The van der Waals surface area contributed by atoms with Crippen LogP contribution in [0.25, 0.3) is 6.08 Å². The van der Waals surface area contributed by atoms with Crippen LogP contribution in [0, 0.1) is 0 Å². The van der Waals surface area contributed by atoms with Crippen LogP contribution in [-0.2, 0) is 11.3 Å². The number of thioether (sulfide) groups is 1. The third kappa shape index (κ3) is 4.49. The Hall–Kier alpha value is -1.67. The quantitative estimate of drug-likeness (QED) is 0.500. The molecule has 9 heteroatoms. The molecule has 2 aromatic rings. The molecule has 146 valence electrons. The molecule has 28 heavy (non-hydrogen) atoms. The molecule has 0 unspecified atom stereocenters. The summed E-state index contributed by atoms with van der Waals surface area (Å²) in [5.74, 6) is -0.150. The van der Waals surface area contributed by atoms with Gasteiger partial charge in [-0.3, -0.25) is 14.5 Å². The molecule has 1 heterocycles. The number of rotatable bonds is 5. The largest absolute Gasteiger partial charge is 0.503 e. The predicted octanol–water partition coefficient (Wildman–Crippen LogP) is 6.10. The molecule has 1 fully saturated rings. The lowest BCUT2D eigenvalue weighted by Crippen LogP contribution is -2.27. The van der Waals surface area contributed by atoms with Crippen LogP contribution in [-0.4, -0.2) is 27.8 Å². The van der Waals surface area contributed by atoms with Crippen LogP contribution in [0.5, 0.6) is 11.5 Å². The number of carbonyl (C=O) groups excluding carboxylic acids is 2. The maximum absolute atomic E-state index is 12.7. The SMILES string of the molecule is CCOc1cc(/C=C2\SC(=O)N(Cc3ccc(Cl)cc3Cl)C2=O)cc(Br)c1O. The van der Waals surface area contributed by atoms with Gasteiger partial charge in [0.25, 0.3) is 11.1 Å². The zero-order valence-electron chi connectivity index (χ0n) is 14.5. The van der Waals surface area contributed by atoms with Crippen LogP contribution in [0.3, 0.4) is 0 Å². The highest BCUT2D eigenvalue weighted by Crippen LogP contribution is 2.39. The summed E-state index contributed by atoms with van der Waals surface area (Å²) >= 11 is 16.1. The van der Waals surface area contributed by atoms with Crippen LogP contribution in [0.4, 0.5) is 4.79 Å². The van der Waals surface area contributed by atoms with Gasteiger partial charge in [-0.1, -0.05) is 29.3 Å². The predicted molar refractivity (Wildman–Crippen MR) is 115 cm³/mol. The molecule has 0 atom stereocenters. The average Bonchev–Trinajstić information content (AvgIpc) is 2.89. The van der Waals surface area contributed by atoms with E-state index in [1.807, 2.05) is 0 Å². The molecule has 0 aromatic heterocycles. The standard InChI is InChI=1S/C19H14BrCl2NO4S/c1-2-27-15-6-10(5-13(20)17(15)24)7-16-18(25)23(19(26)28-16)9-11-3-4-12(21)8-14(11)22/h3-8,24H,2,9H2,1H3/b16-7-. The van der Waals surface area contributed by atoms with E-state index in [1.165, 1.54) is 0 Å². The van der Waals surface area contributed by atoms with Crippen LogP contribution in [0.2, 0.25) is 10.0 Å². The van der Waals surface area contributed by atoms with E-state index in [1.54, 1.807) is 43.3 Å². The number of imide groups is 1. The molecule has 2 aromatic carbocycles. The number of nitrogens with zero attached hydrogens (tertiary/aromatic N) is 1. The van der Waals surface area contributed by atoms with Crippen molar-refractivity contribution >= 4 is 68.1 Å². The third-order valence-corrected chi connectivity index (χ3v) is 5.96. The van der Waals surface area contributed by atoms with Gasteiger partial charge in [-0.05, 0) is 76.1 Å². The van der Waals surface area contributed by atoms with Crippen molar-refractivity contribution in [3.63, 3.8) is 0 Å². The highest BCUT2D eigenvalue weighted by atomic mass is 79.9. The summed E-state index contributed by atoms with van der Waals surface area (Å²) in [6.45, 7) is 2.23. The number of phenolic OH excluding ortho intramolecular Hbond substituents is 1. The fourth-order valence-corrected chi connectivity index (χ4v) is 4.32. The molecule has 0 saturated carbocycles. The first-order valence-electron chi connectivity index (χ1n) is 8.14. The molecule has 1 aliphatic rings. The Morgan fingerprint density at radius 2 is 2.00 bits per heavy atom. The van der Waals surface area contributed by atoms with E-state index < -0.39 is 5.91 Å². The van der Waals surface area contributed by atoms with Gasteiger partial charge in [-0.25, -0.2) is 0 Å². The maximum atomic E-state index is 12.7. The second-order valence-electron chi connectivity index (χ2n) is 5.79.